The van der Waals surface area contributed by atoms with Gasteiger partial charge in [-0.1, -0.05) is 239 Å². The summed E-state index contributed by atoms with van der Waals surface area (Å²) in [5, 5.41) is 41.2. The van der Waals surface area contributed by atoms with Crippen LogP contribution in [0.5, 0.6) is 0 Å². The summed E-state index contributed by atoms with van der Waals surface area (Å²) in [5.41, 5.74) is 0. The lowest BCUT2D eigenvalue weighted by Crippen LogP contribution is -2.59. The van der Waals surface area contributed by atoms with E-state index in [1.807, 2.05) is 0 Å². The maximum absolute atomic E-state index is 13.4. The molecule has 0 bridgehead atoms. The largest absolute Gasteiger partial charge is 0.462 e. The first kappa shape index (κ1) is 65.2. The normalized spacial score (nSPS) is 18.7. The zero-order chi connectivity index (χ0) is 50.4. The molecule has 1 fully saturated rings. The average molecular weight is 985 g/mol. The van der Waals surface area contributed by atoms with Crippen molar-refractivity contribution in [1.29, 1.82) is 0 Å². The highest BCUT2D eigenvalue weighted by molar-refractivity contribution is 5.71. The Hall–Kier alpha value is -1.83. The third-order valence-electron chi connectivity index (χ3n) is 13.9. The minimum Gasteiger partial charge on any atom is -0.462 e. The highest BCUT2D eigenvalue weighted by atomic mass is 16.7. The Bertz CT molecular complexity index is 1120. The highest BCUT2D eigenvalue weighted by Crippen LogP contribution is 2.26. The Kier molecular flexibility index (Phi) is 44.6. The lowest BCUT2D eigenvalue weighted by molar-refractivity contribution is -0.312. The summed E-state index contributed by atoms with van der Waals surface area (Å²) in [6.45, 7) is 5.69. The number of carbonyl (C=O) groups is 3. The molecule has 0 aromatic heterocycles. The van der Waals surface area contributed by atoms with Gasteiger partial charge in [0.1, 0.15) is 37.6 Å². The summed E-state index contributed by atoms with van der Waals surface area (Å²) >= 11 is 0. The molecule has 1 heterocycles. The molecule has 1 saturated heterocycles. The van der Waals surface area contributed by atoms with Crippen LogP contribution < -0.4 is 0 Å². The van der Waals surface area contributed by atoms with Gasteiger partial charge in [0.2, 0.25) is 0 Å². The molecule has 1 aliphatic rings. The van der Waals surface area contributed by atoms with E-state index in [4.69, 9.17) is 23.7 Å². The van der Waals surface area contributed by atoms with E-state index in [0.29, 0.717) is 6.42 Å². The molecule has 0 spiro atoms. The molecule has 0 aromatic rings. The molecule has 2 unspecified atom stereocenters. The van der Waals surface area contributed by atoms with Gasteiger partial charge in [-0.25, -0.2) is 0 Å². The fourth-order valence-corrected chi connectivity index (χ4v) is 9.24. The quantitative estimate of drug-likeness (QED) is 0.0258. The minimum atomic E-state index is -1.58. The summed E-state index contributed by atoms with van der Waals surface area (Å²) in [6.07, 6.45) is 35.5. The van der Waals surface area contributed by atoms with E-state index < -0.39 is 55.5 Å². The number of carbonyl (C=O) groups excluding carboxylic acids is 3. The van der Waals surface area contributed by atoms with Crippen LogP contribution in [0.4, 0.5) is 0 Å². The predicted molar refractivity (Wildman–Crippen MR) is 277 cm³/mol. The van der Waals surface area contributed by atoms with Crippen LogP contribution in [0.2, 0.25) is 0 Å². The average Bonchev–Trinajstić information content (AvgIpc) is 3.34. The summed E-state index contributed by atoms with van der Waals surface area (Å²) < 4.78 is 28.8. The van der Waals surface area contributed by atoms with Gasteiger partial charge in [-0.3, -0.25) is 14.4 Å². The summed E-state index contributed by atoms with van der Waals surface area (Å²) in [6, 6.07) is 0. The molecular formula is C57H108O12. The van der Waals surface area contributed by atoms with Crippen LogP contribution in [0.1, 0.15) is 284 Å². The molecule has 0 aromatic carbocycles. The Morgan fingerprint density at radius 1 is 0.406 bits per heavy atom. The molecule has 12 nitrogen and oxygen atoms in total. The molecule has 0 radical (unpaired) electrons. The van der Waals surface area contributed by atoms with Gasteiger partial charge in [0.25, 0.3) is 0 Å². The Morgan fingerprint density at radius 2 is 0.754 bits per heavy atom. The van der Waals surface area contributed by atoms with Gasteiger partial charge in [-0.2, -0.15) is 0 Å². The van der Waals surface area contributed by atoms with Gasteiger partial charge in [-0.15, -0.1) is 0 Å². The zero-order valence-corrected chi connectivity index (χ0v) is 44.7. The number of hydrogen-bond acceptors (Lipinski definition) is 12. The third-order valence-corrected chi connectivity index (χ3v) is 13.9. The molecule has 0 aliphatic carbocycles. The molecule has 4 N–H and O–H groups in total. The summed E-state index contributed by atoms with van der Waals surface area (Å²) in [4.78, 5) is 39.0. The van der Waals surface area contributed by atoms with Crippen molar-refractivity contribution in [3.8, 4) is 0 Å². The monoisotopic (exact) mass is 985 g/mol. The van der Waals surface area contributed by atoms with Crippen molar-refractivity contribution in [3.05, 3.63) is 0 Å². The van der Waals surface area contributed by atoms with Crippen LogP contribution >= 0.6 is 0 Å². The predicted octanol–water partition coefficient (Wildman–Crippen LogP) is 13.2. The van der Waals surface area contributed by atoms with Gasteiger partial charge >= 0.3 is 17.9 Å². The van der Waals surface area contributed by atoms with Crippen LogP contribution in [-0.4, -0.2) is 101 Å². The van der Waals surface area contributed by atoms with E-state index in [9.17, 15) is 34.8 Å². The fourth-order valence-electron chi connectivity index (χ4n) is 9.24. The van der Waals surface area contributed by atoms with Crippen molar-refractivity contribution in [2.75, 3.05) is 19.8 Å². The third kappa shape index (κ3) is 37.6. The Labute approximate surface area is 421 Å². The van der Waals surface area contributed by atoms with E-state index >= 15 is 0 Å². The highest BCUT2D eigenvalue weighted by Gasteiger charge is 2.44. The molecule has 1 aliphatic heterocycles. The lowest BCUT2D eigenvalue weighted by Gasteiger charge is -2.41. The van der Waals surface area contributed by atoms with E-state index in [-0.39, 0.29) is 50.8 Å². The van der Waals surface area contributed by atoms with Crippen molar-refractivity contribution < 1.29 is 58.5 Å². The second-order valence-electron chi connectivity index (χ2n) is 20.4. The van der Waals surface area contributed by atoms with Gasteiger partial charge in [0, 0.05) is 19.3 Å². The van der Waals surface area contributed by atoms with Crippen LogP contribution in [0.15, 0.2) is 0 Å². The minimum absolute atomic E-state index is 0.0733. The molecule has 0 saturated carbocycles. The number of hydrogen-bond donors (Lipinski definition) is 4. The number of unbranched alkanes of at least 4 members (excludes halogenated alkanes) is 33. The SMILES string of the molecule is CCCCCCCCCCCCCCCC(=O)OCC(COC(=O)CCCCCCCCCCCCCCC)OC(=O)CCC(CCCCCCCCCCCC)OC1O[C@H](CO)[C@@H](O)[C@H](O)[C@H]1O. The second kappa shape index (κ2) is 47.2. The second-order valence-corrected chi connectivity index (χ2v) is 20.4. The van der Waals surface area contributed by atoms with Crippen LogP contribution in [0.3, 0.4) is 0 Å². The molecule has 12 heteroatoms. The number of aliphatic hydroxyl groups is 4. The van der Waals surface area contributed by atoms with Crippen molar-refractivity contribution in [2.45, 2.75) is 327 Å². The van der Waals surface area contributed by atoms with Gasteiger partial charge in [0.05, 0.1) is 12.7 Å². The number of ether oxygens (including phenoxy) is 5. The van der Waals surface area contributed by atoms with Crippen molar-refractivity contribution in [2.24, 2.45) is 0 Å². The standard InChI is InChI=1S/C57H108O12/c1-4-7-10-13-16-19-22-24-26-29-32-35-38-41-51(59)65-46-49(47-66-52(60)42-39-36-33-30-27-25-23-20-17-14-11-8-5-2)67-53(61)44-43-48(40-37-34-31-28-21-18-15-12-9-6-3)68-57-56(64)55(63)54(62)50(45-58)69-57/h48-50,54-58,62-64H,4-47H2,1-3H3/t48?,50-,54-,55+,56-,57?/m1/s1. The molecule has 6 atom stereocenters. The number of aliphatic hydroxyl groups excluding tert-OH is 4. The van der Waals surface area contributed by atoms with Crippen molar-refractivity contribution >= 4 is 17.9 Å². The maximum Gasteiger partial charge on any atom is 0.306 e. The van der Waals surface area contributed by atoms with E-state index in [1.54, 1.807) is 0 Å². The molecule has 1 rings (SSSR count). The Morgan fingerprint density at radius 3 is 1.12 bits per heavy atom. The van der Waals surface area contributed by atoms with Gasteiger partial charge < -0.3 is 44.1 Å². The van der Waals surface area contributed by atoms with Gasteiger partial charge in [0.15, 0.2) is 12.4 Å². The topological polar surface area (TPSA) is 178 Å². The van der Waals surface area contributed by atoms with E-state index in [1.165, 1.54) is 167 Å². The summed E-state index contributed by atoms with van der Waals surface area (Å²) in [5.74, 6) is -1.32. The molecule has 408 valence electrons. The first-order chi connectivity index (χ1) is 33.7. The Balaban J connectivity index is 2.70. The van der Waals surface area contributed by atoms with E-state index in [0.717, 1.165) is 64.2 Å². The van der Waals surface area contributed by atoms with Crippen LogP contribution in [0.25, 0.3) is 0 Å². The molecule has 69 heavy (non-hydrogen) atoms. The fraction of sp³-hybridized carbons (Fsp3) is 0.947. The van der Waals surface area contributed by atoms with Crippen molar-refractivity contribution in [1.82, 2.24) is 0 Å². The van der Waals surface area contributed by atoms with E-state index in [2.05, 4.69) is 20.8 Å². The zero-order valence-electron chi connectivity index (χ0n) is 44.7. The summed E-state index contributed by atoms with van der Waals surface area (Å²) in [7, 11) is 0. The van der Waals surface area contributed by atoms with Crippen molar-refractivity contribution in [3.63, 3.8) is 0 Å². The first-order valence-electron chi connectivity index (χ1n) is 29.1. The van der Waals surface area contributed by atoms with Crippen LogP contribution in [-0.2, 0) is 38.1 Å². The van der Waals surface area contributed by atoms with Crippen LogP contribution in [0, 0.1) is 0 Å². The number of esters is 3. The first-order valence-corrected chi connectivity index (χ1v) is 29.1. The van der Waals surface area contributed by atoms with Gasteiger partial charge in [-0.05, 0) is 25.7 Å². The smallest absolute Gasteiger partial charge is 0.306 e. The number of rotatable bonds is 50. The lowest BCUT2D eigenvalue weighted by atomic mass is 9.99. The molecule has 0 amide bonds. The maximum atomic E-state index is 13.4. The molecular weight excluding hydrogens is 877 g/mol.